The maximum atomic E-state index is 3.96. The van der Waals surface area contributed by atoms with Crippen molar-refractivity contribution in [1.82, 2.24) is 15.5 Å². The van der Waals surface area contributed by atoms with Crippen molar-refractivity contribution in [1.29, 1.82) is 0 Å². The highest BCUT2D eigenvalue weighted by molar-refractivity contribution is 5.19. The molecular formula is C14H19N3. The lowest BCUT2D eigenvalue weighted by molar-refractivity contribution is 0.527. The lowest BCUT2D eigenvalue weighted by Gasteiger charge is -2.17. The van der Waals surface area contributed by atoms with Crippen LogP contribution >= 0.6 is 0 Å². The van der Waals surface area contributed by atoms with Gasteiger partial charge in [-0.25, -0.2) is 0 Å². The smallest absolute Gasteiger partial charge is 0.0518 e. The van der Waals surface area contributed by atoms with E-state index in [1.54, 1.807) is 6.20 Å². The summed E-state index contributed by atoms with van der Waals surface area (Å²) < 4.78 is 0. The first kappa shape index (κ1) is 11.9. The summed E-state index contributed by atoms with van der Waals surface area (Å²) in [4.78, 5) is 0. The van der Waals surface area contributed by atoms with E-state index in [2.05, 4.69) is 59.7 Å². The molecule has 1 aromatic carbocycles. The average Bonchev–Trinajstić information content (AvgIpc) is 2.90. The summed E-state index contributed by atoms with van der Waals surface area (Å²) in [6, 6.07) is 12.9. The van der Waals surface area contributed by atoms with Crippen LogP contribution in [0.2, 0.25) is 0 Å². The summed E-state index contributed by atoms with van der Waals surface area (Å²) in [5.41, 5.74) is 2.50. The third kappa shape index (κ3) is 3.17. The molecule has 3 nitrogen and oxygen atoms in total. The highest BCUT2D eigenvalue weighted by atomic mass is 15.1. The van der Waals surface area contributed by atoms with E-state index in [4.69, 9.17) is 0 Å². The number of rotatable bonds is 5. The van der Waals surface area contributed by atoms with Crippen LogP contribution in [0.1, 0.15) is 37.1 Å². The van der Waals surface area contributed by atoms with Crippen LogP contribution in [0.3, 0.4) is 0 Å². The van der Waals surface area contributed by atoms with Crippen molar-refractivity contribution in [2.75, 3.05) is 6.54 Å². The van der Waals surface area contributed by atoms with Crippen molar-refractivity contribution >= 4 is 0 Å². The Morgan fingerprint density at radius 3 is 2.59 bits per heavy atom. The summed E-state index contributed by atoms with van der Waals surface area (Å²) in [6.45, 7) is 5.34. The predicted octanol–water partition coefficient (Wildman–Crippen LogP) is 2.86. The van der Waals surface area contributed by atoms with Gasteiger partial charge in [0.05, 0.1) is 5.69 Å². The molecule has 90 valence electrons. The molecule has 2 unspecified atom stereocenters. The second-order valence-corrected chi connectivity index (χ2v) is 4.45. The van der Waals surface area contributed by atoms with Crippen LogP contribution in [-0.2, 0) is 0 Å². The summed E-state index contributed by atoms with van der Waals surface area (Å²) in [6.07, 6.45) is 1.79. The highest BCUT2D eigenvalue weighted by Crippen LogP contribution is 2.15. The molecule has 2 aromatic rings. The van der Waals surface area contributed by atoms with E-state index < -0.39 is 0 Å². The number of hydrogen-bond acceptors (Lipinski definition) is 2. The minimum Gasteiger partial charge on any atom is -0.308 e. The quantitative estimate of drug-likeness (QED) is 0.827. The average molecular weight is 229 g/mol. The fraction of sp³-hybridized carbons (Fsp3) is 0.357. The molecular weight excluding hydrogens is 210 g/mol. The Bertz CT molecular complexity index is 422. The maximum absolute atomic E-state index is 3.96. The number of aromatic amines is 1. The van der Waals surface area contributed by atoms with E-state index in [1.165, 1.54) is 5.56 Å². The second-order valence-electron chi connectivity index (χ2n) is 4.45. The van der Waals surface area contributed by atoms with Gasteiger partial charge in [0.2, 0.25) is 0 Å². The molecule has 0 saturated heterocycles. The van der Waals surface area contributed by atoms with Gasteiger partial charge in [0, 0.05) is 18.8 Å². The number of aromatic nitrogens is 2. The molecule has 17 heavy (non-hydrogen) atoms. The molecule has 0 amide bonds. The topological polar surface area (TPSA) is 40.7 Å². The third-order valence-electron chi connectivity index (χ3n) is 3.09. The fourth-order valence-electron chi connectivity index (χ4n) is 1.87. The monoisotopic (exact) mass is 229 g/mol. The maximum Gasteiger partial charge on any atom is 0.0518 e. The van der Waals surface area contributed by atoms with E-state index in [0.717, 1.165) is 12.2 Å². The van der Waals surface area contributed by atoms with Crippen LogP contribution < -0.4 is 5.32 Å². The second kappa shape index (κ2) is 5.64. The lowest BCUT2D eigenvalue weighted by Crippen LogP contribution is -2.23. The summed E-state index contributed by atoms with van der Waals surface area (Å²) in [5.74, 6) is 0.515. The summed E-state index contributed by atoms with van der Waals surface area (Å²) >= 11 is 0. The van der Waals surface area contributed by atoms with Gasteiger partial charge in [-0.2, -0.15) is 5.10 Å². The SMILES string of the molecule is CC(CNC(C)c1ccn[nH]1)c1ccccc1. The molecule has 2 rings (SSSR count). The number of nitrogens with zero attached hydrogens (tertiary/aromatic N) is 1. The number of nitrogens with one attached hydrogen (secondary N) is 2. The number of H-pyrrole nitrogens is 1. The summed E-state index contributed by atoms with van der Waals surface area (Å²) in [5, 5.41) is 10.5. The van der Waals surface area contributed by atoms with Crippen molar-refractivity contribution in [3.8, 4) is 0 Å². The highest BCUT2D eigenvalue weighted by Gasteiger charge is 2.09. The first-order chi connectivity index (χ1) is 8.27. The molecule has 3 heteroatoms. The van der Waals surface area contributed by atoms with Gasteiger partial charge in [0.25, 0.3) is 0 Å². The molecule has 0 radical (unpaired) electrons. The Morgan fingerprint density at radius 2 is 1.94 bits per heavy atom. The normalized spacial score (nSPS) is 14.5. The van der Waals surface area contributed by atoms with Gasteiger partial charge in [-0.05, 0) is 24.5 Å². The van der Waals surface area contributed by atoms with Gasteiger partial charge in [-0.3, -0.25) is 5.10 Å². The van der Waals surface area contributed by atoms with Crippen molar-refractivity contribution < 1.29 is 0 Å². The zero-order valence-electron chi connectivity index (χ0n) is 10.4. The molecule has 1 heterocycles. The predicted molar refractivity (Wildman–Crippen MR) is 69.9 cm³/mol. The van der Waals surface area contributed by atoms with E-state index in [9.17, 15) is 0 Å². The number of benzene rings is 1. The third-order valence-corrected chi connectivity index (χ3v) is 3.09. The first-order valence-electron chi connectivity index (χ1n) is 6.05. The van der Waals surface area contributed by atoms with Crippen LogP contribution in [0.15, 0.2) is 42.6 Å². The number of hydrogen-bond donors (Lipinski definition) is 2. The molecule has 2 atom stereocenters. The molecule has 0 bridgehead atoms. The van der Waals surface area contributed by atoms with Crippen LogP contribution in [-0.4, -0.2) is 16.7 Å². The largest absolute Gasteiger partial charge is 0.308 e. The van der Waals surface area contributed by atoms with Crippen molar-refractivity contribution in [3.63, 3.8) is 0 Å². The van der Waals surface area contributed by atoms with E-state index >= 15 is 0 Å². The molecule has 0 spiro atoms. The van der Waals surface area contributed by atoms with Gasteiger partial charge in [0.1, 0.15) is 0 Å². The van der Waals surface area contributed by atoms with Gasteiger partial charge < -0.3 is 5.32 Å². The molecule has 0 saturated carbocycles. The Morgan fingerprint density at radius 1 is 1.18 bits per heavy atom. The standard InChI is InChI=1S/C14H19N3/c1-11(13-6-4-3-5-7-13)10-15-12(2)14-8-9-16-17-14/h3-9,11-12,15H,10H2,1-2H3,(H,16,17). The van der Waals surface area contributed by atoms with E-state index in [0.29, 0.717) is 12.0 Å². The Labute approximate surface area is 102 Å². The fourth-order valence-corrected chi connectivity index (χ4v) is 1.87. The molecule has 0 aliphatic carbocycles. The zero-order chi connectivity index (χ0) is 12.1. The van der Waals surface area contributed by atoms with Gasteiger partial charge in [0.15, 0.2) is 0 Å². The molecule has 0 fully saturated rings. The van der Waals surface area contributed by atoms with Crippen molar-refractivity contribution in [3.05, 3.63) is 53.9 Å². The molecule has 1 aromatic heterocycles. The van der Waals surface area contributed by atoms with E-state index in [-0.39, 0.29) is 0 Å². The minimum absolute atomic E-state index is 0.309. The van der Waals surface area contributed by atoms with Gasteiger partial charge >= 0.3 is 0 Å². The first-order valence-corrected chi connectivity index (χ1v) is 6.05. The van der Waals surface area contributed by atoms with Crippen LogP contribution in [0.25, 0.3) is 0 Å². The summed E-state index contributed by atoms with van der Waals surface area (Å²) in [7, 11) is 0. The lowest BCUT2D eigenvalue weighted by atomic mass is 10.0. The molecule has 0 aliphatic heterocycles. The Hall–Kier alpha value is -1.61. The van der Waals surface area contributed by atoms with E-state index in [1.807, 2.05) is 6.07 Å². The van der Waals surface area contributed by atoms with Crippen LogP contribution in [0.5, 0.6) is 0 Å². The Kier molecular flexibility index (Phi) is 3.94. The molecule has 2 N–H and O–H groups in total. The zero-order valence-corrected chi connectivity index (χ0v) is 10.4. The van der Waals surface area contributed by atoms with Crippen molar-refractivity contribution in [2.45, 2.75) is 25.8 Å². The van der Waals surface area contributed by atoms with Crippen molar-refractivity contribution in [2.24, 2.45) is 0 Å². The minimum atomic E-state index is 0.309. The van der Waals surface area contributed by atoms with Gasteiger partial charge in [-0.1, -0.05) is 37.3 Å². The molecule has 0 aliphatic rings. The van der Waals surface area contributed by atoms with Crippen LogP contribution in [0.4, 0.5) is 0 Å². The van der Waals surface area contributed by atoms with Crippen LogP contribution in [0, 0.1) is 0 Å². The van der Waals surface area contributed by atoms with Gasteiger partial charge in [-0.15, -0.1) is 0 Å². The Balaban J connectivity index is 1.86.